The van der Waals surface area contributed by atoms with Gasteiger partial charge in [-0.1, -0.05) is 6.92 Å². The van der Waals surface area contributed by atoms with E-state index < -0.39 is 18.7 Å². The molecule has 104 valence electrons. The van der Waals surface area contributed by atoms with Gasteiger partial charge in [0, 0.05) is 19.1 Å². The van der Waals surface area contributed by atoms with Crippen LogP contribution >= 0.6 is 37.9 Å². The zero-order valence-electron chi connectivity index (χ0n) is 9.61. The fourth-order valence-electron chi connectivity index (χ4n) is 0.553. The first kappa shape index (κ1) is 19.7. The van der Waals surface area contributed by atoms with Crippen LogP contribution in [-0.2, 0) is 9.53 Å². The fourth-order valence-corrected chi connectivity index (χ4v) is 0.553. The number of carbonyl (C=O) groups is 1. The molecule has 0 aromatic heterocycles. The Kier molecular flexibility index (Phi) is 13.3. The monoisotopic (exact) mass is 304 g/mol. The Bertz CT molecular complexity index is 192. The van der Waals surface area contributed by atoms with Crippen LogP contribution in [0.1, 0.15) is 19.8 Å². The fraction of sp³-hybridized carbons (Fsp3) is 0.889. The number of carbonyl (C=O) groups excluding carboxylic acids is 1. The Hall–Kier alpha value is 0.400. The lowest BCUT2D eigenvalue weighted by Crippen LogP contribution is -2.18. The molecule has 17 heavy (non-hydrogen) atoms. The van der Waals surface area contributed by atoms with Crippen LogP contribution in [0.25, 0.3) is 0 Å². The standard InChI is InChI=1S/C6H12O5.C3H8S3/c7-2-5(3-8)1-6(10)11-4-9;1-2-3(4,5)6/h5,7-9H,1-4H2;4-6H,2H2,1H3. The van der Waals surface area contributed by atoms with Crippen LogP contribution < -0.4 is 0 Å². The third-order valence-electron chi connectivity index (χ3n) is 1.67. The molecule has 5 nitrogen and oxygen atoms in total. The number of rotatable bonds is 6. The summed E-state index contributed by atoms with van der Waals surface area (Å²) in [6.45, 7) is 0.781. The van der Waals surface area contributed by atoms with Crippen molar-refractivity contribution in [2.75, 3.05) is 20.0 Å². The van der Waals surface area contributed by atoms with Crippen LogP contribution in [0.2, 0.25) is 0 Å². The lowest BCUT2D eigenvalue weighted by Gasteiger charge is -2.09. The maximum absolute atomic E-state index is 10.6. The van der Waals surface area contributed by atoms with E-state index in [1.165, 1.54) is 0 Å². The minimum absolute atomic E-state index is 0.0758. The second kappa shape index (κ2) is 11.5. The highest BCUT2D eigenvalue weighted by molar-refractivity contribution is 8.16. The summed E-state index contributed by atoms with van der Waals surface area (Å²) < 4.78 is 3.80. The molecule has 0 saturated carbocycles. The molecule has 0 aliphatic carbocycles. The SMILES string of the molecule is CCC(S)(S)S.O=C(CC(CO)CO)OCO. The van der Waals surface area contributed by atoms with Crippen LogP contribution in [0.3, 0.4) is 0 Å². The van der Waals surface area contributed by atoms with Crippen LogP contribution in [0.5, 0.6) is 0 Å². The van der Waals surface area contributed by atoms with Crippen molar-refractivity contribution in [1.29, 1.82) is 0 Å². The average molecular weight is 304 g/mol. The molecule has 0 spiro atoms. The number of esters is 1. The molecule has 0 bridgehead atoms. The van der Waals surface area contributed by atoms with E-state index in [4.69, 9.17) is 15.3 Å². The highest BCUT2D eigenvalue weighted by Gasteiger charge is 2.12. The average Bonchev–Trinajstić information content (AvgIpc) is 2.26. The maximum Gasteiger partial charge on any atom is 0.308 e. The number of hydrogen-bond acceptors (Lipinski definition) is 8. The first-order valence-electron chi connectivity index (χ1n) is 4.96. The molecule has 0 amide bonds. The second-order valence-electron chi connectivity index (χ2n) is 3.21. The Morgan fingerprint density at radius 3 is 1.88 bits per heavy atom. The molecule has 0 aromatic carbocycles. The highest BCUT2D eigenvalue weighted by atomic mass is 32.2. The summed E-state index contributed by atoms with van der Waals surface area (Å²) in [4.78, 5) is 10.6. The van der Waals surface area contributed by atoms with Gasteiger partial charge in [-0.05, 0) is 6.42 Å². The van der Waals surface area contributed by atoms with Gasteiger partial charge in [0.2, 0.25) is 0 Å². The van der Waals surface area contributed by atoms with Crippen molar-refractivity contribution in [2.24, 2.45) is 5.92 Å². The number of aliphatic hydroxyl groups excluding tert-OH is 3. The first-order chi connectivity index (χ1) is 7.80. The quantitative estimate of drug-likeness (QED) is 0.242. The highest BCUT2D eigenvalue weighted by Crippen LogP contribution is 2.26. The van der Waals surface area contributed by atoms with E-state index in [2.05, 4.69) is 42.6 Å². The van der Waals surface area contributed by atoms with Gasteiger partial charge >= 0.3 is 5.97 Å². The van der Waals surface area contributed by atoms with Crippen molar-refractivity contribution in [3.05, 3.63) is 0 Å². The lowest BCUT2D eigenvalue weighted by molar-refractivity contribution is -0.153. The zero-order valence-corrected chi connectivity index (χ0v) is 12.3. The predicted molar refractivity (Wildman–Crippen MR) is 75.4 cm³/mol. The van der Waals surface area contributed by atoms with E-state index in [-0.39, 0.29) is 23.0 Å². The molecule has 0 aliphatic heterocycles. The maximum atomic E-state index is 10.6. The molecule has 0 rings (SSSR count). The normalized spacial score (nSPS) is 10.8. The molecule has 0 radical (unpaired) electrons. The van der Waals surface area contributed by atoms with Crippen molar-refractivity contribution in [3.8, 4) is 0 Å². The molecule has 8 heteroatoms. The number of hydrogen-bond donors (Lipinski definition) is 6. The Morgan fingerprint density at radius 2 is 1.65 bits per heavy atom. The van der Waals surface area contributed by atoms with Crippen LogP contribution in [0.15, 0.2) is 0 Å². The van der Waals surface area contributed by atoms with Crippen molar-refractivity contribution in [1.82, 2.24) is 0 Å². The van der Waals surface area contributed by atoms with Crippen molar-refractivity contribution in [2.45, 2.75) is 23.2 Å². The zero-order chi connectivity index (χ0) is 13.9. The molecular weight excluding hydrogens is 284 g/mol. The Balaban J connectivity index is 0. The van der Waals surface area contributed by atoms with Gasteiger partial charge in [-0.3, -0.25) is 4.79 Å². The molecule has 0 fully saturated rings. The third-order valence-corrected chi connectivity index (χ3v) is 2.62. The van der Waals surface area contributed by atoms with E-state index in [1.807, 2.05) is 6.92 Å². The van der Waals surface area contributed by atoms with Gasteiger partial charge in [-0.15, -0.1) is 0 Å². The van der Waals surface area contributed by atoms with Crippen molar-refractivity contribution >= 4 is 43.9 Å². The third kappa shape index (κ3) is 16.4. The molecule has 0 aliphatic rings. The predicted octanol–water partition coefficient (Wildman–Crippen LogP) is 0.310. The number of thiol groups is 3. The summed E-state index contributed by atoms with van der Waals surface area (Å²) in [5.41, 5.74) is 0. The molecule has 0 unspecified atom stereocenters. The van der Waals surface area contributed by atoms with E-state index in [1.54, 1.807) is 0 Å². The minimum Gasteiger partial charge on any atom is -0.439 e. The van der Waals surface area contributed by atoms with Gasteiger partial charge in [0.25, 0.3) is 0 Å². The van der Waals surface area contributed by atoms with Gasteiger partial charge in [0.15, 0.2) is 6.79 Å². The molecule has 0 aromatic rings. The molecule has 3 N–H and O–H groups in total. The second-order valence-corrected chi connectivity index (χ2v) is 6.56. The molecular formula is C9H20O5S3. The van der Waals surface area contributed by atoms with Gasteiger partial charge in [0.1, 0.15) is 0 Å². The number of aliphatic hydroxyl groups is 3. The summed E-state index contributed by atoms with van der Waals surface area (Å²) >= 11 is 11.9. The van der Waals surface area contributed by atoms with E-state index in [9.17, 15) is 4.79 Å². The summed E-state index contributed by atoms with van der Waals surface area (Å²) in [5.74, 6) is -1.12. The molecule has 0 heterocycles. The van der Waals surface area contributed by atoms with Crippen LogP contribution in [0, 0.1) is 5.92 Å². The number of ether oxygens (including phenoxy) is 1. The summed E-state index contributed by atoms with van der Waals surface area (Å²) in [6.07, 6.45) is 0.788. The Morgan fingerprint density at radius 1 is 1.24 bits per heavy atom. The van der Waals surface area contributed by atoms with Gasteiger partial charge < -0.3 is 20.1 Å². The van der Waals surface area contributed by atoms with Gasteiger partial charge in [-0.2, -0.15) is 37.9 Å². The van der Waals surface area contributed by atoms with Crippen molar-refractivity contribution < 1.29 is 24.9 Å². The van der Waals surface area contributed by atoms with Crippen LogP contribution in [-0.4, -0.2) is 44.7 Å². The summed E-state index contributed by atoms with van der Waals surface area (Å²) in [7, 11) is 0. The van der Waals surface area contributed by atoms with E-state index in [0.717, 1.165) is 6.42 Å². The summed E-state index contributed by atoms with van der Waals surface area (Å²) in [6, 6.07) is 0. The van der Waals surface area contributed by atoms with E-state index >= 15 is 0 Å². The molecule has 0 atom stereocenters. The minimum atomic E-state index is -0.664. The van der Waals surface area contributed by atoms with Crippen molar-refractivity contribution in [3.63, 3.8) is 0 Å². The Labute approximate surface area is 118 Å². The summed E-state index contributed by atoms with van der Waals surface area (Å²) in [5, 5.41) is 25.2. The first-order valence-corrected chi connectivity index (χ1v) is 6.30. The topological polar surface area (TPSA) is 87.0 Å². The smallest absolute Gasteiger partial charge is 0.308 e. The van der Waals surface area contributed by atoms with E-state index in [0.29, 0.717) is 0 Å². The molecule has 0 saturated heterocycles. The van der Waals surface area contributed by atoms with Gasteiger partial charge in [0.05, 0.1) is 9.83 Å². The van der Waals surface area contributed by atoms with Crippen LogP contribution in [0.4, 0.5) is 0 Å². The largest absolute Gasteiger partial charge is 0.439 e. The van der Waals surface area contributed by atoms with Gasteiger partial charge in [-0.25, -0.2) is 0 Å². The lowest BCUT2D eigenvalue weighted by atomic mass is 10.1.